The number of aromatic hydroxyl groups is 1. The highest BCUT2D eigenvalue weighted by Gasteiger charge is 2.08. The van der Waals surface area contributed by atoms with Crippen LogP contribution in [0, 0.1) is 5.92 Å². The first-order chi connectivity index (χ1) is 12.1. The topological polar surface area (TPSA) is 85.8 Å². The van der Waals surface area contributed by atoms with Gasteiger partial charge >= 0.3 is 0 Å². The van der Waals surface area contributed by atoms with Crippen LogP contribution in [0.15, 0.2) is 29.3 Å². The zero-order chi connectivity index (χ0) is 18.5. The summed E-state index contributed by atoms with van der Waals surface area (Å²) in [6, 6.07) is 6.37. The number of aliphatic imine (C=N–C) groups is 1. The van der Waals surface area contributed by atoms with Crippen molar-refractivity contribution in [3.63, 3.8) is 0 Å². The monoisotopic (exact) mass is 476 g/mol. The van der Waals surface area contributed by atoms with E-state index < -0.39 is 0 Å². The molecule has 1 amide bonds. The molecule has 0 aliphatic heterocycles. The van der Waals surface area contributed by atoms with Crippen molar-refractivity contribution in [2.45, 2.75) is 46.5 Å². The highest BCUT2D eigenvalue weighted by Crippen LogP contribution is 2.13. The normalized spacial score (nSPS) is 12.0. The quantitative estimate of drug-likeness (QED) is 0.180. The lowest BCUT2D eigenvalue weighted by atomic mass is 9.99. The van der Waals surface area contributed by atoms with Crippen molar-refractivity contribution in [1.29, 1.82) is 0 Å². The molecule has 1 aromatic rings. The van der Waals surface area contributed by atoms with Gasteiger partial charge in [0.2, 0.25) is 5.91 Å². The molecule has 4 N–H and O–H groups in total. The van der Waals surface area contributed by atoms with Crippen LogP contribution < -0.4 is 16.0 Å². The molecule has 1 atom stereocenters. The fourth-order valence-electron chi connectivity index (χ4n) is 2.42. The number of nitrogens with one attached hydrogen (secondary N) is 3. The van der Waals surface area contributed by atoms with Crippen LogP contribution in [0.2, 0.25) is 0 Å². The smallest absolute Gasteiger partial charge is 0.246 e. The van der Waals surface area contributed by atoms with E-state index in [1.54, 1.807) is 12.1 Å². The average molecular weight is 476 g/mol. The first kappa shape index (κ1) is 24.5. The van der Waals surface area contributed by atoms with Crippen molar-refractivity contribution in [2.24, 2.45) is 10.9 Å². The third-order valence-electron chi connectivity index (χ3n) is 3.98. The number of unbranched alkanes of at least 4 members (excludes halogenated alkanes) is 1. The summed E-state index contributed by atoms with van der Waals surface area (Å²) < 4.78 is 0. The van der Waals surface area contributed by atoms with Crippen molar-refractivity contribution < 1.29 is 9.90 Å². The minimum Gasteiger partial charge on any atom is -0.508 e. The predicted octanol–water partition coefficient (Wildman–Crippen LogP) is 3.72. The zero-order valence-corrected chi connectivity index (χ0v) is 18.4. The van der Waals surface area contributed by atoms with Gasteiger partial charge in [-0.05, 0) is 43.5 Å². The molecule has 6 nitrogen and oxygen atoms in total. The molecule has 0 saturated heterocycles. The Kier molecular flexibility index (Phi) is 13.8. The predicted molar refractivity (Wildman–Crippen MR) is 119 cm³/mol. The summed E-state index contributed by atoms with van der Waals surface area (Å²) in [5, 5.41) is 18.5. The van der Waals surface area contributed by atoms with E-state index in [9.17, 15) is 9.90 Å². The van der Waals surface area contributed by atoms with E-state index in [2.05, 4.69) is 34.8 Å². The lowest BCUT2D eigenvalue weighted by Gasteiger charge is -2.17. The fraction of sp³-hybridized carbons (Fsp3) is 0.579. The number of phenols is 1. The highest BCUT2D eigenvalue weighted by atomic mass is 127. The van der Waals surface area contributed by atoms with Crippen molar-refractivity contribution in [2.75, 3.05) is 25.0 Å². The molecule has 7 heteroatoms. The molecule has 1 rings (SSSR count). The van der Waals surface area contributed by atoms with Crippen LogP contribution in [-0.4, -0.2) is 36.6 Å². The van der Waals surface area contributed by atoms with Gasteiger partial charge < -0.3 is 21.1 Å². The SMILES string of the molecule is CCCCC(CC)CNC(=NCC(=O)Nc1ccc(O)cc1)NCC.I. The fourth-order valence-corrected chi connectivity index (χ4v) is 2.42. The summed E-state index contributed by atoms with van der Waals surface area (Å²) in [5.74, 6) is 1.26. The number of benzene rings is 1. The molecule has 1 unspecified atom stereocenters. The van der Waals surface area contributed by atoms with Crippen LogP contribution in [0.25, 0.3) is 0 Å². The number of halogens is 1. The number of carbonyl (C=O) groups is 1. The Labute approximate surface area is 174 Å². The molecule has 0 bridgehead atoms. The van der Waals surface area contributed by atoms with Gasteiger partial charge in [0.1, 0.15) is 12.3 Å². The maximum atomic E-state index is 12.0. The Morgan fingerprint density at radius 2 is 1.85 bits per heavy atom. The van der Waals surface area contributed by atoms with E-state index in [0.29, 0.717) is 17.6 Å². The number of hydrogen-bond acceptors (Lipinski definition) is 3. The molecule has 1 aromatic carbocycles. The third-order valence-corrected chi connectivity index (χ3v) is 3.98. The second kappa shape index (κ2) is 14.6. The Hall–Kier alpha value is -1.51. The van der Waals surface area contributed by atoms with Crippen LogP contribution in [0.4, 0.5) is 5.69 Å². The van der Waals surface area contributed by atoms with Gasteiger partial charge in [-0.2, -0.15) is 0 Å². The molecule has 148 valence electrons. The number of anilines is 1. The lowest BCUT2D eigenvalue weighted by Crippen LogP contribution is -2.40. The van der Waals surface area contributed by atoms with Gasteiger partial charge in [-0.15, -0.1) is 24.0 Å². The molecule has 26 heavy (non-hydrogen) atoms. The van der Waals surface area contributed by atoms with E-state index >= 15 is 0 Å². The van der Waals surface area contributed by atoms with E-state index in [0.717, 1.165) is 19.5 Å². The maximum absolute atomic E-state index is 12.0. The molecule has 0 aromatic heterocycles. The first-order valence-electron chi connectivity index (χ1n) is 9.20. The largest absolute Gasteiger partial charge is 0.508 e. The van der Waals surface area contributed by atoms with Gasteiger partial charge in [-0.1, -0.05) is 33.1 Å². The molecular formula is C19H33IN4O2. The van der Waals surface area contributed by atoms with Crippen LogP contribution in [0.5, 0.6) is 5.75 Å². The summed E-state index contributed by atoms with van der Waals surface area (Å²) in [6.07, 6.45) is 4.79. The number of rotatable bonds is 10. The van der Waals surface area contributed by atoms with Crippen molar-refractivity contribution >= 4 is 41.5 Å². The number of carbonyl (C=O) groups excluding carboxylic acids is 1. The summed E-state index contributed by atoms with van der Waals surface area (Å²) >= 11 is 0. The summed E-state index contributed by atoms with van der Waals surface area (Å²) in [7, 11) is 0. The van der Waals surface area contributed by atoms with Gasteiger partial charge in [0.05, 0.1) is 0 Å². The van der Waals surface area contributed by atoms with Gasteiger partial charge in [-0.3, -0.25) is 4.79 Å². The molecule has 0 heterocycles. The van der Waals surface area contributed by atoms with Crippen LogP contribution >= 0.6 is 24.0 Å². The zero-order valence-electron chi connectivity index (χ0n) is 16.0. The minimum absolute atomic E-state index is 0. The second-order valence-corrected chi connectivity index (χ2v) is 6.09. The van der Waals surface area contributed by atoms with Crippen LogP contribution in [-0.2, 0) is 4.79 Å². The van der Waals surface area contributed by atoms with E-state index in [1.165, 1.54) is 31.4 Å². The first-order valence-corrected chi connectivity index (χ1v) is 9.20. The van der Waals surface area contributed by atoms with Gasteiger partial charge in [0, 0.05) is 18.8 Å². The highest BCUT2D eigenvalue weighted by molar-refractivity contribution is 14.0. The molecule has 0 fully saturated rings. The van der Waals surface area contributed by atoms with E-state index in [1.807, 2.05) is 6.92 Å². The van der Waals surface area contributed by atoms with Gasteiger partial charge in [0.15, 0.2) is 5.96 Å². The second-order valence-electron chi connectivity index (χ2n) is 6.09. The third kappa shape index (κ3) is 10.5. The number of amides is 1. The molecule has 0 radical (unpaired) electrons. The molecule has 0 aliphatic rings. The number of nitrogens with zero attached hydrogens (tertiary/aromatic N) is 1. The minimum atomic E-state index is -0.194. The average Bonchev–Trinajstić information content (AvgIpc) is 2.61. The van der Waals surface area contributed by atoms with Crippen molar-refractivity contribution in [3.8, 4) is 5.75 Å². The van der Waals surface area contributed by atoms with E-state index in [-0.39, 0.29) is 42.2 Å². The number of hydrogen-bond donors (Lipinski definition) is 4. The molecule has 0 saturated carbocycles. The van der Waals surface area contributed by atoms with Crippen LogP contribution in [0.3, 0.4) is 0 Å². The summed E-state index contributed by atoms with van der Waals surface area (Å²) in [6.45, 7) is 8.07. The number of guanidine groups is 1. The Morgan fingerprint density at radius 1 is 1.15 bits per heavy atom. The summed E-state index contributed by atoms with van der Waals surface area (Å²) in [5.41, 5.74) is 0.640. The Bertz CT molecular complexity index is 535. The lowest BCUT2D eigenvalue weighted by molar-refractivity contribution is -0.114. The van der Waals surface area contributed by atoms with Crippen LogP contribution in [0.1, 0.15) is 46.5 Å². The van der Waals surface area contributed by atoms with Crippen molar-refractivity contribution in [1.82, 2.24) is 10.6 Å². The number of phenolic OH excluding ortho intramolecular Hbond substituents is 1. The molecule has 0 aliphatic carbocycles. The van der Waals surface area contributed by atoms with Gasteiger partial charge in [0.25, 0.3) is 0 Å². The standard InChI is InChI=1S/C19H32N4O2.HI/c1-4-7-8-15(5-2)13-21-19(20-6-3)22-14-18(25)23-16-9-11-17(24)12-10-16;/h9-12,15,24H,4-8,13-14H2,1-3H3,(H,23,25)(H2,20,21,22);1H. The van der Waals surface area contributed by atoms with Gasteiger partial charge in [-0.25, -0.2) is 4.99 Å². The van der Waals surface area contributed by atoms with E-state index in [4.69, 9.17) is 0 Å². The van der Waals surface area contributed by atoms with Crippen molar-refractivity contribution in [3.05, 3.63) is 24.3 Å². The summed E-state index contributed by atoms with van der Waals surface area (Å²) in [4.78, 5) is 16.4. The molecular weight excluding hydrogens is 443 g/mol. The Balaban J connectivity index is 0.00000625. The molecule has 0 spiro atoms. The Morgan fingerprint density at radius 3 is 2.42 bits per heavy atom. The maximum Gasteiger partial charge on any atom is 0.246 e.